The van der Waals surface area contributed by atoms with Gasteiger partial charge in [-0.1, -0.05) is 12.1 Å². The zero-order chi connectivity index (χ0) is 12.3. The number of hydrogen-bond acceptors (Lipinski definition) is 2. The lowest BCUT2D eigenvalue weighted by atomic mass is 9.99. The minimum absolute atomic E-state index is 0.0952. The topological polar surface area (TPSA) is 26.0 Å². The van der Waals surface area contributed by atoms with Crippen LogP contribution in [0.25, 0.3) is 0 Å². The number of nitrogens with two attached hydrogens (primary N) is 1. The van der Waals surface area contributed by atoms with Crippen LogP contribution in [0.3, 0.4) is 0 Å². The van der Waals surface area contributed by atoms with Crippen molar-refractivity contribution in [3.8, 4) is 0 Å². The Bertz CT molecular complexity index is 479. The van der Waals surface area contributed by atoms with E-state index in [-0.39, 0.29) is 11.9 Å². The summed E-state index contributed by atoms with van der Waals surface area (Å²) in [5.74, 6) is -0.182. The number of thiophene rings is 1. The van der Waals surface area contributed by atoms with Crippen molar-refractivity contribution in [1.29, 1.82) is 0 Å². The van der Waals surface area contributed by atoms with Crippen LogP contribution in [0.5, 0.6) is 0 Å². The van der Waals surface area contributed by atoms with Crippen LogP contribution in [0.2, 0.25) is 0 Å². The average molecular weight is 249 g/mol. The number of benzene rings is 1. The first kappa shape index (κ1) is 12.3. The van der Waals surface area contributed by atoms with E-state index in [0.717, 1.165) is 24.0 Å². The van der Waals surface area contributed by atoms with Gasteiger partial charge in [-0.3, -0.25) is 0 Å². The molecule has 90 valence electrons. The van der Waals surface area contributed by atoms with Gasteiger partial charge in [0.15, 0.2) is 0 Å². The van der Waals surface area contributed by atoms with Crippen LogP contribution in [0.15, 0.2) is 35.7 Å². The molecule has 0 saturated heterocycles. The minimum Gasteiger partial charge on any atom is -0.327 e. The van der Waals surface area contributed by atoms with Crippen LogP contribution in [0.1, 0.15) is 16.0 Å². The second kappa shape index (κ2) is 5.43. The molecule has 0 aliphatic rings. The second-order valence-electron chi connectivity index (χ2n) is 4.32. The Morgan fingerprint density at radius 3 is 2.76 bits per heavy atom. The predicted octanol–water partition coefficient (Wildman–Crippen LogP) is 3.31. The van der Waals surface area contributed by atoms with Crippen LogP contribution in [0, 0.1) is 12.7 Å². The minimum atomic E-state index is -0.182. The van der Waals surface area contributed by atoms with Gasteiger partial charge in [-0.05, 0) is 54.5 Å². The van der Waals surface area contributed by atoms with Gasteiger partial charge in [-0.2, -0.15) is 0 Å². The quantitative estimate of drug-likeness (QED) is 0.884. The first-order valence-corrected chi connectivity index (χ1v) is 6.56. The molecule has 0 radical (unpaired) electrons. The van der Waals surface area contributed by atoms with E-state index in [1.54, 1.807) is 17.4 Å². The zero-order valence-electron chi connectivity index (χ0n) is 9.82. The van der Waals surface area contributed by atoms with Crippen LogP contribution in [-0.4, -0.2) is 6.04 Å². The smallest absolute Gasteiger partial charge is 0.123 e. The monoisotopic (exact) mass is 249 g/mol. The lowest BCUT2D eigenvalue weighted by molar-refractivity contribution is 0.622. The van der Waals surface area contributed by atoms with Crippen molar-refractivity contribution in [2.45, 2.75) is 25.8 Å². The normalized spacial score (nSPS) is 12.6. The van der Waals surface area contributed by atoms with Gasteiger partial charge < -0.3 is 5.73 Å². The largest absolute Gasteiger partial charge is 0.327 e. The maximum absolute atomic E-state index is 13.0. The average Bonchev–Trinajstić information content (AvgIpc) is 2.75. The summed E-state index contributed by atoms with van der Waals surface area (Å²) in [6.07, 6.45) is 1.68. The molecule has 0 spiro atoms. The van der Waals surface area contributed by atoms with E-state index in [9.17, 15) is 4.39 Å². The highest BCUT2D eigenvalue weighted by Gasteiger charge is 2.08. The number of aryl methyl sites for hydroxylation is 1. The van der Waals surface area contributed by atoms with Gasteiger partial charge >= 0.3 is 0 Å². The van der Waals surface area contributed by atoms with Crippen LogP contribution in [-0.2, 0) is 12.8 Å². The van der Waals surface area contributed by atoms with Gasteiger partial charge in [0.05, 0.1) is 0 Å². The molecule has 0 saturated carbocycles. The van der Waals surface area contributed by atoms with Crippen molar-refractivity contribution in [3.05, 3.63) is 57.5 Å². The van der Waals surface area contributed by atoms with E-state index in [4.69, 9.17) is 5.73 Å². The van der Waals surface area contributed by atoms with Crippen molar-refractivity contribution in [3.63, 3.8) is 0 Å². The number of halogens is 1. The summed E-state index contributed by atoms with van der Waals surface area (Å²) < 4.78 is 13.0. The van der Waals surface area contributed by atoms with Crippen molar-refractivity contribution in [2.75, 3.05) is 0 Å². The highest BCUT2D eigenvalue weighted by Crippen LogP contribution is 2.15. The van der Waals surface area contributed by atoms with Crippen molar-refractivity contribution < 1.29 is 4.39 Å². The maximum atomic E-state index is 13.0. The summed E-state index contributed by atoms with van der Waals surface area (Å²) in [5.41, 5.74) is 8.23. The fourth-order valence-electron chi connectivity index (χ4n) is 1.93. The summed E-state index contributed by atoms with van der Waals surface area (Å²) >= 11 is 1.73. The molecule has 0 fully saturated rings. The molecule has 1 heterocycles. The highest BCUT2D eigenvalue weighted by molar-refractivity contribution is 7.09. The van der Waals surface area contributed by atoms with Gasteiger partial charge in [-0.25, -0.2) is 4.39 Å². The Hall–Kier alpha value is -1.19. The van der Waals surface area contributed by atoms with E-state index in [1.165, 1.54) is 10.9 Å². The highest BCUT2D eigenvalue weighted by atomic mass is 32.1. The molecule has 0 bridgehead atoms. The van der Waals surface area contributed by atoms with Crippen LogP contribution in [0.4, 0.5) is 4.39 Å². The third kappa shape index (κ3) is 3.38. The molecule has 1 atom stereocenters. The van der Waals surface area contributed by atoms with Gasteiger partial charge in [0.2, 0.25) is 0 Å². The summed E-state index contributed by atoms with van der Waals surface area (Å²) in [6.45, 7) is 1.93. The molecule has 2 aromatic rings. The summed E-state index contributed by atoms with van der Waals surface area (Å²) in [4.78, 5) is 1.30. The van der Waals surface area contributed by atoms with E-state index >= 15 is 0 Å². The van der Waals surface area contributed by atoms with Crippen LogP contribution >= 0.6 is 11.3 Å². The molecular weight excluding hydrogens is 233 g/mol. The van der Waals surface area contributed by atoms with E-state index in [1.807, 2.05) is 19.1 Å². The first-order chi connectivity index (χ1) is 8.15. The SMILES string of the molecule is Cc1cc(F)ccc1CC(N)Cc1cccs1. The van der Waals surface area contributed by atoms with E-state index in [2.05, 4.69) is 11.4 Å². The summed E-state index contributed by atoms with van der Waals surface area (Å²) in [5, 5.41) is 2.06. The second-order valence-corrected chi connectivity index (χ2v) is 5.35. The first-order valence-electron chi connectivity index (χ1n) is 5.68. The lowest BCUT2D eigenvalue weighted by Crippen LogP contribution is -2.25. The Kier molecular flexibility index (Phi) is 3.92. The molecule has 1 aromatic carbocycles. The number of hydrogen-bond donors (Lipinski definition) is 1. The third-order valence-corrected chi connectivity index (χ3v) is 3.73. The fraction of sp³-hybridized carbons (Fsp3) is 0.286. The van der Waals surface area contributed by atoms with Gasteiger partial charge in [-0.15, -0.1) is 11.3 Å². The Morgan fingerprint density at radius 2 is 2.12 bits per heavy atom. The van der Waals surface area contributed by atoms with Crippen molar-refractivity contribution in [1.82, 2.24) is 0 Å². The fourth-order valence-corrected chi connectivity index (χ4v) is 2.73. The molecule has 0 aliphatic carbocycles. The molecule has 3 heteroatoms. The third-order valence-electron chi connectivity index (χ3n) is 2.83. The van der Waals surface area contributed by atoms with Crippen molar-refractivity contribution >= 4 is 11.3 Å². The molecule has 1 aromatic heterocycles. The predicted molar refractivity (Wildman–Crippen MR) is 70.8 cm³/mol. The number of rotatable bonds is 4. The zero-order valence-corrected chi connectivity index (χ0v) is 10.6. The lowest BCUT2D eigenvalue weighted by Gasteiger charge is -2.12. The van der Waals surface area contributed by atoms with Crippen LogP contribution < -0.4 is 5.73 Å². The van der Waals surface area contributed by atoms with Gasteiger partial charge in [0.1, 0.15) is 5.82 Å². The molecular formula is C14H16FNS. The molecule has 1 unspecified atom stereocenters. The maximum Gasteiger partial charge on any atom is 0.123 e. The Morgan fingerprint density at radius 1 is 1.29 bits per heavy atom. The molecule has 2 rings (SSSR count). The molecule has 0 aliphatic heterocycles. The van der Waals surface area contributed by atoms with Gasteiger partial charge in [0.25, 0.3) is 0 Å². The van der Waals surface area contributed by atoms with Gasteiger partial charge in [0, 0.05) is 10.9 Å². The molecule has 2 N–H and O–H groups in total. The Labute approximate surface area is 105 Å². The molecule has 0 amide bonds. The molecule has 17 heavy (non-hydrogen) atoms. The van der Waals surface area contributed by atoms with E-state index < -0.39 is 0 Å². The summed E-state index contributed by atoms with van der Waals surface area (Å²) in [6, 6.07) is 9.13. The standard InChI is InChI=1S/C14H16FNS/c1-10-7-12(15)5-4-11(10)8-13(16)9-14-3-2-6-17-14/h2-7,13H,8-9,16H2,1H3. The van der Waals surface area contributed by atoms with Crippen molar-refractivity contribution in [2.24, 2.45) is 5.73 Å². The Balaban J connectivity index is 2.00. The summed E-state index contributed by atoms with van der Waals surface area (Å²) in [7, 11) is 0. The van der Waals surface area contributed by atoms with E-state index in [0.29, 0.717) is 0 Å². The molecule has 1 nitrogen and oxygen atoms in total.